The molecule has 6 nitrogen and oxygen atoms in total. The molecule has 2 aromatic rings. The molecule has 2 N–H and O–H groups in total. The third kappa shape index (κ3) is 7.43. The van der Waals surface area contributed by atoms with Crippen LogP contribution in [-0.2, 0) is 24.3 Å². The zero-order valence-electron chi connectivity index (χ0n) is 17.2. The van der Waals surface area contributed by atoms with Gasteiger partial charge in [0.1, 0.15) is 5.15 Å². The number of carbonyl (C=O) groups excluding carboxylic acids is 1. The van der Waals surface area contributed by atoms with Crippen LogP contribution in [-0.4, -0.2) is 41.4 Å². The molecule has 0 atom stereocenters. The Morgan fingerprint density at radius 2 is 2.00 bits per heavy atom. The third-order valence-electron chi connectivity index (χ3n) is 4.90. The van der Waals surface area contributed by atoms with Crippen LogP contribution in [0.5, 0.6) is 0 Å². The molecule has 1 aromatic heterocycles. The average Bonchev–Trinajstić information content (AvgIpc) is 3.13. The first-order valence-corrected chi connectivity index (χ1v) is 10.5. The van der Waals surface area contributed by atoms with E-state index in [0.29, 0.717) is 24.7 Å². The maximum Gasteiger partial charge on any atom is 0.222 e. The first-order valence-electron chi connectivity index (χ1n) is 10.1. The summed E-state index contributed by atoms with van der Waals surface area (Å²) in [5, 5.41) is 7.16. The highest BCUT2D eigenvalue weighted by Crippen LogP contribution is 2.17. The highest BCUT2D eigenvalue weighted by atomic mass is 127. The van der Waals surface area contributed by atoms with Gasteiger partial charge in [-0.1, -0.05) is 41.9 Å². The van der Waals surface area contributed by atoms with Crippen molar-refractivity contribution in [1.82, 2.24) is 20.5 Å². The zero-order valence-corrected chi connectivity index (χ0v) is 20.3. The number of amides is 1. The summed E-state index contributed by atoms with van der Waals surface area (Å²) in [5.41, 5.74) is 3.43. The Hall–Kier alpha value is -1.87. The maximum atomic E-state index is 12.0. The predicted molar refractivity (Wildman–Crippen MR) is 132 cm³/mol. The summed E-state index contributed by atoms with van der Waals surface area (Å²) in [6.45, 7) is 5.67. The van der Waals surface area contributed by atoms with Gasteiger partial charge in [0.2, 0.25) is 5.91 Å². The van der Waals surface area contributed by atoms with Gasteiger partial charge in [0.15, 0.2) is 5.96 Å². The second-order valence-electron chi connectivity index (χ2n) is 7.05. The first-order chi connectivity index (χ1) is 14.2. The van der Waals surface area contributed by atoms with Gasteiger partial charge in [0.25, 0.3) is 0 Å². The van der Waals surface area contributed by atoms with Crippen molar-refractivity contribution in [3.8, 4) is 0 Å². The Balaban J connectivity index is 0.00000320. The van der Waals surface area contributed by atoms with Crippen LogP contribution < -0.4 is 10.6 Å². The van der Waals surface area contributed by atoms with Crippen molar-refractivity contribution in [1.29, 1.82) is 0 Å². The third-order valence-corrected chi connectivity index (χ3v) is 5.12. The fourth-order valence-electron chi connectivity index (χ4n) is 3.33. The van der Waals surface area contributed by atoms with E-state index in [2.05, 4.69) is 27.8 Å². The van der Waals surface area contributed by atoms with Gasteiger partial charge in [0, 0.05) is 38.8 Å². The van der Waals surface area contributed by atoms with Crippen molar-refractivity contribution in [2.75, 3.05) is 19.6 Å². The number of rotatable bonds is 8. The SMILES string of the molecule is CCNC(=NCc1ccccc1CN1CCCC1=O)NCCc1ccc(Cl)nc1.I. The zero-order chi connectivity index (χ0) is 20.5. The fourth-order valence-corrected chi connectivity index (χ4v) is 3.44. The number of guanidine groups is 1. The van der Waals surface area contributed by atoms with Crippen LogP contribution in [0.25, 0.3) is 0 Å². The number of halogens is 2. The number of hydrogen-bond acceptors (Lipinski definition) is 3. The Morgan fingerprint density at radius 1 is 1.20 bits per heavy atom. The lowest BCUT2D eigenvalue weighted by atomic mass is 10.1. The molecule has 8 heteroatoms. The summed E-state index contributed by atoms with van der Waals surface area (Å²) >= 11 is 5.83. The van der Waals surface area contributed by atoms with Gasteiger partial charge < -0.3 is 15.5 Å². The lowest BCUT2D eigenvalue weighted by molar-refractivity contribution is -0.128. The largest absolute Gasteiger partial charge is 0.357 e. The number of nitrogens with one attached hydrogen (secondary N) is 2. The fraction of sp³-hybridized carbons (Fsp3) is 0.409. The van der Waals surface area contributed by atoms with Crippen molar-refractivity contribution in [3.05, 3.63) is 64.4 Å². The second kappa shape index (κ2) is 12.7. The monoisotopic (exact) mass is 541 g/mol. The van der Waals surface area contributed by atoms with Gasteiger partial charge in [-0.05, 0) is 42.5 Å². The topological polar surface area (TPSA) is 69.6 Å². The van der Waals surface area contributed by atoms with Crippen LogP contribution in [0.15, 0.2) is 47.6 Å². The van der Waals surface area contributed by atoms with Crippen molar-refractivity contribution in [3.63, 3.8) is 0 Å². The summed E-state index contributed by atoms with van der Waals surface area (Å²) in [6, 6.07) is 12.0. The van der Waals surface area contributed by atoms with Crippen molar-refractivity contribution in [2.24, 2.45) is 4.99 Å². The van der Waals surface area contributed by atoms with Gasteiger partial charge >= 0.3 is 0 Å². The van der Waals surface area contributed by atoms with Crippen LogP contribution in [0, 0.1) is 0 Å². The van der Waals surface area contributed by atoms with E-state index in [0.717, 1.165) is 55.1 Å². The smallest absolute Gasteiger partial charge is 0.222 e. The van der Waals surface area contributed by atoms with Crippen molar-refractivity contribution in [2.45, 2.75) is 39.3 Å². The van der Waals surface area contributed by atoms with Crippen molar-refractivity contribution < 1.29 is 4.79 Å². The average molecular weight is 542 g/mol. The van der Waals surface area contributed by atoms with E-state index < -0.39 is 0 Å². The van der Waals surface area contributed by atoms with Crippen LogP contribution in [0.1, 0.15) is 36.5 Å². The molecule has 1 aliphatic rings. The molecule has 1 aliphatic heterocycles. The predicted octanol–water partition coefficient (Wildman–Crippen LogP) is 3.77. The lowest BCUT2D eigenvalue weighted by Gasteiger charge is -2.18. The van der Waals surface area contributed by atoms with Gasteiger partial charge in [-0.3, -0.25) is 4.79 Å². The number of aliphatic imine (C=N–C) groups is 1. The Bertz CT molecular complexity index is 844. The van der Waals surface area contributed by atoms with E-state index in [9.17, 15) is 4.79 Å². The van der Waals surface area contributed by atoms with E-state index in [4.69, 9.17) is 16.6 Å². The molecule has 30 heavy (non-hydrogen) atoms. The van der Waals surface area contributed by atoms with Gasteiger partial charge in [-0.2, -0.15) is 0 Å². The summed E-state index contributed by atoms with van der Waals surface area (Å²) in [5.74, 6) is 1.02. The molecule has 1 saturated heterocycles. The minimum atomic E-state index is 0. The summed E-state index contributed by atoms with van der Waals surface area (Å²) in [6.07, 6.45) is 4.25. The first kappa shape index (κ1) is 24.4. The van der Waals surface area contributed by atoms with Crippen molar-refractivity contribution >= 4 is 47.4 Å². The lowest BCUT2D eigenvalue weighted by Crippen LogP contribution is -2.38. The number of nitrogens with zero attached hydrogens (tertiary/aromatic N) is 3. The minimum Gasteiger partial charge on any atom is -0.357 e. The highest BCUT2D eigenvalue weighted by Gasteiger charge is 2.20. The molecular weight excluding hydrogens is 513 g/mol. The molecule has 162 valence electrons. The number of benzene rings is 1. The molecule has 0 unspecified atom stereocenters. The summed E-state index contributed by atoms with van der Waals surface area (Å²) < 4.78 is 0. The molecule has 0 radical (unpaired) electrons. The standard InChI is InChI=1S/C22H28ClN5O.HI/c1-2-24-22(25-12-11-17-9-10-20(23)26-14-17)27-15-18-6-3-4-7-19(18)16-28-13-5-8-21(28)29;/h3-4,6-7,9-10,14H,2,5,8,11-13,15-16H2,1H3,(H2,24,25,27);1H. The molecule has 1 amide bonds. The van der Waals surface area contributed by atoms with Gasteiger partial charge in [-0.15, -0.1) is 24.0 Å². The Labute approximate surface area is 200 Å². The minimum absolute atomic E-state index is 0. The van der Waals surface area contributed by atoms with Gasteiger partial charge in [-0.25, -0.2) is 9.98 Å². The molecule has 0 spiro atoms. The number of hydrogen-bond donors (Lipinski definition) is 2. The Morgan fingerprint density at radius 3 is 2.67 bits per heavy atom. The van der Waals surface area contributed by atoms with E-state index in [-0.39, 0.29) is 29.9 Å². The number of likely N-dealkylation sites (tertiary alicyclic amines) is 1. The molecule has 2 heterocycles. The van der Waals surface area contributed by atoms with Crippen LogP contribution >= 0.6 is 35.6 Å². The number of aromatic nitrogens is 1. The molecule has 0 aliphatic carbocycles. The molecule has 0 saturated carbocycles. The molecular formula is C22H29ClIN5O. The molecule has 1 fully saturated rings. The number of pyridine rings is 1. The van der Waals surface area contributed by atoms with Gasteiger partial charge in [0.05, 0.1) is 6.54 Å². The molecule has 1 aromatic carbocycles. The second-order valence-corrected chi connectivity index (χ2v) is 7.44. The van der Waals surface area contributed by atoms with E-state index >= 15 is 0 Å². The van der Waals surface area contributed by atoms with E-state index in [1.807, 2.05) is 30.0 Å². The molecule has 0 bridgehead atoms. The van der Waals surface area contributed by atoms with Crippen LogP contribution in [0.4, 0.5) is 0 Å². The summed E-state index contributed by atoms with van der Waals surface area (Å²) in [4.78, 5) is 22.7. The van der Waals surface area contributed by atoms with E-state index in [1.54, 1.807) is 12.3 Å². The quantitative estimate of drug-likeness (QED) is 0.231. The Kier molecular flexibility index (Phi) is 10.4. The van der Waals surface area contributed by atoms with Crippen LogP contribution in [0.2, 0.25) is 5.15 Å². The molecule has 3 rings (SSSR count). The van der Waals surface area contributed by atoms with Crippen LogP contribution in [0.3, 0.4) is 0 Å². The summed E-state index contributed by atoms with van der Waals surface area (Å²) in [7, 11) is 0. The maximum absolute atomic E-state index is 12.0. The number of carbonyl (C=O) groups is 1. The normalized spacial score (nSPS) is 13.9. The van der Waals surface area contributed by atoms with E-state index in [1.165, 1.54) is 0 Å². The highest BCUT2D eigenvalue weighted by molar-refractivity contribution is 14.0.